The fourth-order valence-corrected chi connectivity index (χ4v) is 2.34. The average Bonchev–Trinajstić information content (AvgIpc) is 2.46. The Labute approximate surface area is 112 Å². The van der Waals surface area contributed by atoms with E-state index in [2.05, 4.69) is 6.07 Å². The Morgan fingerprint density at radius 3 is 3.00 bits per heavy atom. The zero-order chi connectivity index (χ0) is 13.8. The van der Waals surface area contributed by atoms with Crippen molar-refractivity contribution in [1.29, 1.82) is 5.26 Å². The van der Waals surface area contributed by atoms with Gasteiger partial charge in [0.25, 0.3) is 0 Å². The minimum atomic E-state index is -0.620. The van der Waals surface area contributed by atoms with Gasteiger partial charge in [0.15, 0.2) is 0 Å². The van der Waals surface area contributed by atoms with E-state index in [-0.39, 0.29) is 12.6 Å². The third-order valence-corrected chi connectivity index (χ3v) is 3.36. The van der Waals surface area contributed by atoms with Gasteiger partial charge < -0.3 is 19.8 Å². The van der Waals surface area contributed by atoms with Gasteiger partial charge >= 0.3 is 0 Å². The lowest BCUT2D eigenvalue weighted by atomic mass is 10.0. The lowest BCUT2D eigenvalue weighted by molar-refractivity contribution is 0.0723. The average molecular weight is 262 g/mol. The summed E-state index contributed by atoms with van der Waals surface area (Å²) >= 11 is 0. The van der Waals surface area contributed by atoms with E-state index >= 15 is 0 Å². The summed E-state index contributed by atoms with van der Waals surface area (Å²) in [7, 11) is 0. The molecule has 1 saturated heterocycles. The molecule has 0 amide bonds. The molecular formula is C14H18N2O3. The Hall–Kier alpha value is -1.61. The van der Waals surface area contributed by atoms with Gasteiger partial charge in [-0.3, -0.25) is 0 Å². The molecule has 2 atom stereocenters. The minimum absolute atomic E-state index is 0.0178. The Balaban J connectivity index is 2.43. The molecule has 1 aromatic rings. The van der Waals surface area contributed by atoms with Gasteiger partial charge in [0, 0.05) is 17.8 Å². The van der Waals surface area contributed by atoms with Crippen molar-refractivity contribution < 1.29 is 14.9 Å². The molecule has 0 radical (unpaired) electrons. The zero-order valence-corrected chi connectivity index (χ0v) is 10.9. The Morgan fingerprint density at radius 2 is 2.37 bits per heavy atom. The van der Waals surface area contributed by atoms with Crippen molar-refractivity contribution in [3.05, 3.63) is 29.3 Å². The molecule has 5 nitrogen and oxygen atoms in total. The number of anilines is 1. The molecule has 2 rings (SSSR count). The van der Waals surface area contributed by atoms with Gasteiger partial charge in [-0.15, -0.1) is 0 Å². The van der Waals surface area contributed by atoms with E-state index in [1.54, 1.807) is 25.1 Å². The number of nitriles is 1. The van der Waals surface area contributed by atoms with Crippen LogP contribution in [0.2, 0.25) is 0 Å². The molecule has 1 heterocycles. The van der Waals surface area contributed by atoms with Crippen LogP contribution in [0.5, 0.6) is 0 Å². The lowest BCUT2D eigenvalue weighted by Gasteiger charge is -2.37. The van der Waals surface area contributed by atoms with Gasteiger partial charge in [-0.1, -0.05) is 6.07 Å². The highest BCUT2D eigenvalue weighted by Crippen LogP contribution is 2.30. The molecule has 0 bridgehead atoms. The third kappa shape index (κ3) is 2.87. The van der Waals surface area contributed by atoms with Gasteiger partial charge in [0.2, 0.25) is 0 Å². The van der Waals surface area contributed by atoms with Gasteiger partial charge in [0.05, 0.1) is 43.6 Å². The second-order valence-electron chi connectivity index (χ2n) is 4.67. The summed E-state index contributed by atoms with van der Waals surface area (Å²) in [5.74, 6) is 0. The first-order chi connectivity index (χ1) is 9.17. The van der Waals surface area contributed by atoms with Crippen LogP contribution in [-0.4, -0.2) is 42.6 Å². The van der Waals surface area contributed by atoms with Crippen LogP contribution in [0.15, 0.2) is 18.2 Å². The minimum Gasteiger partial charge on any atom is -0.394 e. The highest BCUT2D eigenvalue weighted by atomic mass is 16.5. The van der Waals surface area contributed by atoms with Gasteiger partial charge in [-0.05, 0) is 19.1 Å². The Kier molecular flexibility index (Phi) is 4.38. The second kappa shape index (κ2) is 6.02. The van der Waals surface area contributed by atoms with Crippen molar-refractivity contribution in [3.63, 3.8) is 0 Å². The number of ether oxygens (including phenoxy) is 1. The molecule has 2 N–H and O–H groups in total. The second-order valence-corrected chi connectivity index (χ2v) is 4.67. The van der Waals surface area contributed by atoms with Crippen LogP contribution in [0.1, 0.15) is 24.2 Å². The zero-order valence-electron chi connectivity index (χ0n) is 10.9. The van der Waals surface area contributed by atoms with Crippen LogP contribution >= 0.6 is 0 Å². The van der Waals surface area contributed by atoms with E-state index in [4.69, 9.17) is 10.00 Å². The quantitative estimate of drug-likeness (QED) is 0.843. The smallest absolute Gasteiger partial charge is 0.0992 e. The molecule has 0 spiro atoms. The number of hydrogen-bond acceptors (Lipinski definition) is 5. The fraction of sp³-hybridized carbons (Fsp3) is 0.500. The van der Waals surface area contributed by atoms with Crippen molar-refractivity contribution in [2.45, 2.75) is 19.1 Å². The summed E-state index contributed by atoms with van der Waals surface area (Å²) in [5, 5.41) is 28.3. The summed E-state index contributed by atoms with van der Waals surface area (Å²) in [6.45, 7) is 3.34. The maximum Gasteiger partial charge on any atom is 0.0992 e. The van der Waals surface area contributed by atoms with E-state index in [1.807, 2.05) is 4.90 Å². The summed E-state index contributed by atoms with van der Waals surface area (Å²) in [6.07, 6.45) is -0.620. The van der Waals surface area contributed by atoms with Crippen LogP contribution in [0.3, 0.4) is 0 Å². The number of hydrogen-bond donors (Lipinski definition) is 2. The summed E-state index contributed by atoms with van der Waals surface area (Å²) in [6, 6.07) is 7.19. The maximum atomic E-state index is 9.85. The largest absolute Gasteiger partial charge is 0.394 e. The van der Waals surface area contributed by atoms with Crippen LogP contribution in [-0.2, 0) is 4.74 Å². The number of morpholine rings is 1. The third-order valence-electron chi connectivity index (χ3n) is 3.36. The summed E-state index contributed by atoms with van der Waals surface area (Å²) in [5.41, 5.74) is 2.11. The predicted molar refractivity (Wildman–Crippen MR) is 70.8 cm³/mol. The van der Waals surface area contributed by atoms with Crippen molar-refractivity contribution in [2.24, 2.45) is 0 Å². The maximum absolute atomic E-state index is 9.85. The number of benzene rings is 1. The number of aliphatic hydroxyl groups is 2. The van der Waals surface area contributed by atoms with Crippen molar-refractivity contribution in [3.8, 4) is 6.07 Å². The van der Waals surface area contributed by atoms with Crippen molar-refractivity contribution in [2.75, 3.05) is 31.3 Å². The molecule has 1 fully saturated rings. The molecule has 1 aliphatic heterocycles. The first-order valence-corrected chi connectivity index (χ1v) is 6.34. The van der Waals surface area contributed by atoms with Gasteiger partial charge in [-0.25, -0.2) is 0 Å². The standard InChI is InChI=1S/C14H18N2O3/c1-10(18)13-3-2-11(7-15)6-14(13)16-4-5-19-9-12(16)8-17/h2-3,6,10,12,17-18H,4-5,8-9H2,1H3/t10-,12?/m1/s1. The molecule has 19 heavy (non-hydrogen) atoms. The lowest BCUT2D eigenvalue weighted by Crippen LogP contribution is -2.48. The summed E-state index contributed by atoms with van der Waals surface area (Å²) < 4.78 is 5.35. The fourth-order valence-electron chi connectivity index (χ4n) is 2.34. The first-order valence-electron chi connectivity index (χ1n) is 6.34. The number of rotatable bonds is 3. The van der Waals surface area contributed by atoms with Crippen LogP contribution in [0, 0.1) is 11.3 Å². The Morgan fingerprint density at radius 1 is 1.58 bits per heavy atom. The molecule has 0 saturated carbocycles. The molecule has 102 valence electrons. The molecule has 1 aromatic carbocycles. The van der Waals surface area contributed by atoms with Gasteiger partial charge in [0.1, 0.15) is 0 Å². The molecular weight excluding hydrogens is 244 g/mol. The first kappa shape index (κ1) is 13.8. The molecule has 5 heteroatoms. The van der Waals surface area contributed by atoms with E-state index in [0.29, 0.717) is 25.3 Å². The highest BCUT2D eigenvalue weighted by molar-refractivity contribution is 5.59. The van der Waals surface area contributed by atoms with E-state index in [0.717, 1.165) is 11.3 Å². The van der Waals surface area contributed by atoms with Crippen LogP contribution < -0.4 is 4.90 Å². The monoisotopic (exact) mass is 262 g/mol. The molecule has 0 aromatic heterocycles. The van der Waals surface area contributed by atoms with E-state index in [9.17, 15) is 10.2 Å². The van der Waals surface area contributed by atoms with Crippen LogP contribution in [0.25, 0.3) is 0 Å². The number of nitrogens with zero attached hydrogens (tertiary/aromatic N) is 2. The van der Waals surface area contributed by atoms with Crippen molar-refractivity contribution in [1.82, 2.24) is 0 Å². The summed E-state index contributed by atoms with van der Waals surface area (Å²) in [4.78, 5) is 2.01. The topological polar surface area (TPSA) is 76.7 Å². The normalized spacial score (nSPS) is 20.9. The molecule has 1 aliphatic rings. The molecule has 1 unspecified atom stereocenters. The predicted octanol–water partition coefficient (Wildman–Crippen LogP) is 0.809. The SMILES string of the molecule is C[C@@H](O)c1ccc(C#N)cc1N1CCOCC1CO. The highest BCUT2D eigenvalue weighted by Gasteiger charge is 2.25. The van der Waals surface area contributed by atoms with E-state index in [1.165, 1.54) is 0 Å². The van der Waals surface area contributed by atoms with Gasteiger partial charge in [-0.2, -0.15) is 5.26 Å². The Bertz CT molecular complexity index is 482. The van der Waals surface area contributed by atoms with E-state index < -0.39 is 6.10 Å². The van der Waals surface area contributed by atoms with Crippen LogP contribution in [0.4, 0.5) is 5.69 Å². The number of aliphatic hydroxyl groups excluding tert-OH is 2. The molecule has 0 aliphatic carbocycles. The van der Waals surface area contributed by atoms with Crippen molar-refractivity contribution >= 4 is 5.69 Å².